The quantitative estimate of drug-likeness (QED) is 0.394. The van der Waals surface area contributed by atoms with Gasteiger partial charge in [0.2, 0.25) is 11.8 Å². The Morgan fingerprint density at radius 2 is 1.54 bits per heavy atom. The highest BCUT2D eigenvalue weighted by atomic mass is 16.2. The zero-order chi connectivity index (χ0) is 20.4. The highest BCUT2D eigenvalue weighted by Crippen LogP contribution is 2.39. The third-order valence-corrected chi connectivity index (χ3v) is 5.79. The van der Waals surface area contributed by atoms with Crippen LogP contribution in [0.2, 0.25) is 0 Å². The fourth-order valence-corrected chi connectivity index (χ4v) is 4.21. The zero-order valence-corrected chi connectivity index (χ0v) is 17.0. The predicted octanol–water partition coefficient (Wildman–Crippen LogP) is 4.71. The molecule has 1 radical (unpaired) electrons. The monoisotopic (exact) mass is 385 g/mol. The van der Waals surface area contributed by atoms with Crippen LogP contribution in [0.25, 0.3) is 0 Å². The van der Waals surface area contributed by atoms with Crippen molar-refractivity contribution in [2.24, 2.45) is 0 Å². The molecule has 1 aromatic carbocycles. The summed E-state index contributed by atoms with van der Waals surface area (Å²) in [5.41, 5.74) is 7.26. The maximum atomic E-state index is 12.7. The van der Waals surface area contributed by atoms with Crippen LogP contribution in [0, 0.1) is 0 Å². The van der Waals surface area contributed by atoms with Crippen LogP contribution in [0.5, 0.6) is 0 Å². The second-order valence-electron chi connectivity index (χ2n) is 7.94. The van der Waals surface area contributed by atoms with Crippen molar-refractivity contribution in [3.63, 3.8) is 0 Å². The van der Waals surface area contributed by atoms with E-state index in [0.29, 0.717) is 12.0 Å². The molecule has 0 spiro atoms. The Labute approximate surface area is 168 Å². The molecule has 1 heterocycles. The molecule has 3 amide bonds. The molecular formula is C23H33N2O3. The summed E-state index contributed by atoms with van der Waals surface area (Å²) >= 11 is 0. The van der Waals surface area contributed by atoms with E-state index in [4.69, 9.17) is 5.73 Å². The van der Waals surface area contributed by atoms with Crippen LogP contribution < -0.4 is 11.1 Å². The first-order valence-electron chi connectivity index (χ1n) is 10.7. The molecule has 1 aliphatic rings. The minimum Gasteiger partial charge on any atom is -0.296 e. The number of carbonyl (C=O) groups excluding carboxylic acids is 3. The molecule has 1 atom stereocenters. The largest absolute Gasteiger partial charge is 0.296 e. The van der Waals surface area contributed by atoms with Crippen LogP contribution in [-0.4, -0.2) is 17.7 Å². The second kappa shape index (κ2) is 11.0. The number of hydrogen-bond acceptors (Lipinski definition) is 3. The van der Waals surface area contributed by atoms with Gasteiger partial charge in [-0.3, -0.25) is 25.4 Å². The van der Waals surface area contributed by atoms with Crippen LogP contribution in [-0.2, 0) is 15.0 Å². The third kappa shape index (κ3) is 5.66. The van der Waals surface area contributed by atoms with E-state index >= 15 is 0 Å². The van der Waals surface area contributed by atoms with Gasteiger partial charge in [-0.05, 0) is 18.1 Å². The smallest absolute Gasteiger partial charge is 0.270 e. The first-order chi connectivity index (χ1) is 13.5. The zero-order valence-electron chi connectivity index (χ0n) is 17.0. The second-order valence-corrected chi connectivity index (χ2v) is 7.94. The number of carbonyl (C=O) groups is 3. The average molecular weight is 386 g/mol. The Kier molecular flexibility index (Phi) is 8.68. The number of rotatable bonds is 13. The Bertz CT molecular complexity index is 686. The number of imide groups is 1. The predicted molar refractivity (Wildman–Crippen MR) is 110 cm³/mol. The van der Waals surface area contributed by atoms with E-state index in [2.05, 4.69) is 12.2 Å². The van der Waals surface area contributed by atoms with E-state index in [1.807, 2.05) is 0 Å². The summed E-state index contributed by atoms with van der Waals surface area (Å²) in [5, 5.41) is 2.41. The van der Waals surface area contributed by atoms with Crippen molar-refractivity contribution in [2.45, 2.75) is 89.4 Å². The summed E-state index contributed by atoms with van der Waals surface area (Å²) < 4.78 is 0. The maximum absolute atomic E-state index is 12.7. The van der Waals surface area contributed by atoms with Crippen molar-refractivity contribution in [3.8, 4) is 0 Å². The number of unbranched alkanes of at least 4 members (excludes halogenated alkanes) is 9. The van der Waals surface area contributed by atoms with Crippen molar-refractivity contribution in [1.29, 1.82) is 0 Å². The molecule has 1 fully saturated rings. The fourth-order valence-electron chi connectivity index (χ4n) is 4.21. The van der Waals surface area contributed by atoms with Gasteiger partial charge in [0, 0.05) is 12.0 Å². The Morgan fingerprint density at radius 3 is 2.07 bits per heavy atom. The van der Waals surface area contributed by atoms with Gasteiger partial charge < -0.3 is 0 Å². The summed E-state index contributed by atoms with van der Waals surface area (Å²) in [6, 6.07) is 6.74. The normalized spacial score (nSPS) is 19.0. The summed E-state index contributed by atoms with van der Waals surface area (Å²) in [5.74, 6) is -1.45. The minimum absolute atomic E-state index is 0.0631. The molecule has 0 bridgehead atoms. The van der Waals surface area contributed by atoms with E-state index in [-0.39, 0.29) is 23.8 Å². The molecule has 1 unspecified atom stereocenters. The molecule has 1 aromatic rings. The van der Waals surface area contributed by atoms with Gasteiger partial charge in [-0.25, -0.2) is 0 Å². The third-order valence-electron chi connectivity index (χ3n) is 5.79. The number of benzene rings is 1. The van der Waals surface area contributed by atoms with Crippen LogP contribution in [0.1, 0.15) is 99.9 Å². The van der Waals surface area contributed by atoms with Gasteiger partial charge in [0.15, 0.2) is 0 Å². The van der Waals surface area contributed by atoms with Crippen molar-refractivity contribution >= 4 is 17.7 Å². The van der Waals surface area contributed by atoms with E-state index < -0.39 is 11.3 Å². The molecule has 2 N–H and O–H groups in total. The van der Waals surface area contributed by atoms with Crippen molar-refractivity contribution in [1.82, 2.24) is 11.1 Å². The van der Waals surface area contributed by atoms with Gasteiger partial charge in [0.05, 0.1) is 5.41 Å². The molecule has 153 valence electrons. The summed E-state index contributed by atoms with van der Waals surface area (Å²) in [6.45, 7) is 2.23. The lowest BCUT2D eigenvalue weighted by molar-refractivity contribution is -0.126. The first kappa shape index (κ1) is 22.1. The van der Waals surface area contributed by atoms with Crippen LogP contribution >= 0.6 is 0 Å². The van der Waals surface area contributed by atoms with E-state index in [9.17, 15) is 14.4 Å². The van der Waals surface area contributed by atoms with Crippen LogP contribution in [0.4, 0.5) is 0 Å². The molecule has 0 saturated carbocycles. The van der Waals surface area contributed by atoms with Crippen molar-refractivity contribution < 1.29 is 14.4 Å². The molecular weight excluding hydrogens is 352 g/mol. The molecule has 0 aromatic heterocycles. The van der Waals surface area contributed by atoms with Gasteiger partial charge in [0.1, 0.15) is 0 Å². The van der Waals surface area contributed by atoms with Gasteiger partial charge in [-0.1, -0.05) is 89.3 Å². The lowest BCUT2D eigenvalue weighted by Gasteiger charge is -2.27. The first-order valence-corrected chi connectivity index (χ1v) is 10.7. The van der Waals surface area contributed by atoms with Gasteiger partial charge in [0.25, 0.3) is 5.91 Å². The fraction of sp³-hybridized carbons (Fsp3) is 0.609. The average Bonchev–Trinajstić information content (AvgIpc) is 2.97. The number of amides is 3. The van der Waals surface area contributed by atoms with E-state index in [1.54, 1.807) is 24.3 Å². The molecule has 5 nitrogen and oxygen atoms in total. The van der Waals surface area contributed by atoms with Gasteiger partial charge in [-0.2, -0.15) is 0 Å². The van der Waals surface area contributed by atoms with Crippen molar-refractivity contribution in [3.05, 3.63) is 35.4 Å². The van der Waals surface area contributed by atoms with E-state index in [0.717, 1.165) is 19.3 Å². The summed E-state index contributed by atoms with van der Waals surface area (Å²) in [4.78, 5) is 36.4. The van der Waals surface area contributed by atoms with E-state index in [1.165, 1.54) is 44.9 Å². The van der Waals surface area contributed by atoms with Gasteiger partial charge >= 0.3 is 0 Å². The Balaban J connectivity index is 1.91. The maximum Gasteiger partial charge on any atom is 0.270 e. The Hall–Kier alpha value is -2.17. The highest BCUT2D eigenvalue weighted by Gasteiger charge is 2.48. The Morgan fingerprint density at radius 1 is 0.964 bits per heavy atom. The topological polar surface area (TPSA) is 87.0 Å². The minimum atomic E-state index is -1.01. The lowest BCUT2D eigenvalue weighted by atomic mass is 9.73. The number of nitrogens with one attached hydrogen (secondary N) is 2. The molecule has 0 aliphatic carbocycles. The van der Waals surface area contributed by atoms with Crippen LogP contribution in [0.3, 0.4) is 0 Å². The highest BCUT2D eigenvalue weighted by molar-refractivity contribution is 6.10. The van der Waals surface area contributed by atoms with Gasteiger partial charge in [-0.15, -0.1) is 0 Å². The molecule has 1 aliphatic heterocycles. The van der Waals surface area contributed by atoms with Crippen molar-refractivity contribution in [2.75, 3.05) is 0 Å². The standard InChI is InChI=1S/C23H33N2O3/c1-2-3-4-5-6-7-8-9-10-13-16-23(17-20(26)25-22(23)28)19-15-12-11-14-18(19)21(24)27/h11-12,14-15,24H,2-10,13,16-17H2,1H3,(H,25,26,28). The van der Waals surface area contributed by atoms with Crippen LogP contribution in [0.15, 0.2) is 24.3 Å². The SMILES string of the molecule is CCCCCCCCCCCCC1(c2ccccc2C([NH])=O)CC(=O)NC1=O. The molecule has 1 saturated heterocycles. The number of hydrogen-bond donors (Lipinski definition) is 1. The molecule has 2 rings (SSSR count). The lowest BCUT2D eigenvalue weighted by Crippen LogP contribution is -2.37. The summed E-state index contributed by atoms with van der Waals surface area (Å²) in [7, 11) is 0. The summed E-state index contributed by atoms with van der Waals surface area (Å²) in [6.07, 6.45) is 12.5. The molecule has 28 heavy (non-hydrogen) atoms. The molecule has 5 heteroatoms.